The third kappa shape index (κ3) is 2.03. The smallest absolute Gasteiger partial charge is 0.330 e. The van der Waals surface area contributed by atoms with E-state index in [1.807, 2.05) is 0 Å². The molecule has 0 atom stereocenters. The molecule has 0 aliphatic heterocycles. The summed E-state index contributed by atoms with van der Waals surface area (Å²) >= 11 is 0. The number of nitroso groups, excluding NO2 is 1. The molecule has 0 saturated heterocycles. The van der Waals surface area contributed by atoms with Crippen LogP contribution in [0, 0.1) is 4.91 Å². The summed E-state index contributed by atoms with van der Waals surface area (Å²) in [5.74, 6) is -0.331. The molecule has 2 aromatic heterocycles. The Kier molecular flexibility index (Phi) is 3.00. The Morgan fingerprint density at radius 3 is 2.83 bits per heavy atom. The van der Waals surface area contributed by atoms with Gasteiger partial charge in [-0.2, -0.15) is 0 Å². The van der Waals surface area contributed by atoms with E-state index in [0.717, 1.165) is 4.57 Å². The summed E-state index contributed by atoms with van der Waals surface area (Å²) in [4.78, 5) is 39.9. The number of nitrogens with one attached hydrogen (secondary N) is 1. The van der Waals surface area contributed by atoms with Gasteiger partial charge in [-0.3, -0.25) is 19.3 Å². The molecule has 2 heterocycles. The predicted molar refractivity (Wildman–Crippen MR) is 64.5 cm³/mol. The Morgan fingerprint density at radius 1 is 1.44 bits per heavy atom. The molecule has 2 aromatic rings. The van der Waals surface area contributed by atoms with E-state index in [-0.39, 0.29) is 12.4 Å². The van der Waals surface area contributed by atoms with Crippen LogP contribution in [0.25, 0.3) is 0 Å². The normalized spacial score (nSPS) is 10.2. The first-order valence-electron chi connectivity index (χ1n) is 4.98. The number of nitrogens with zero attached hydrogens (tertiary/aromatic N) is 3. The fourth-order valence-electron chi connectivity index (χ4n) is 1.48. The van der Waals surface area contributed by atoms with Crippen molar-refractivity contribution in [3.05, 3.63) is 55.8 Å². The minimum atomic E-state index is -0.824. The van der Waals surface area contributed by atoms with E-state index >= 15 is 0 Å². The molecule has 0 fully saturated rings. The van der Waals surface area contributed by atoms with Gasteiger partial charge >= 0.3 is 5.69 Å². The van der Waals surface area contributed by atoms with Gasteiger partial charge in [0.05, 0.1) is 6.54 Å². The molecule has 0 bridgehead atoms. The largest absolute Gasteiger partial charge is 0.383 e. The zero-order valence-corrected chi connectivity index (χ0v) is 9.16. The Balaban J connectivity index is 2.56. The number of pyridine rings is 1. The minimum absolute atomic E-state index is 0.00912. The van der Waals surface area contributed by atoms with E-state index in [1.54, 1.807) is 18.3 Å². The lowest BCUT2D eigenvalue weighted by Gasteiger charge is -2.05. The standard InChI is InChI=1S/C10H9N5O3/c11-8-7(14-18)9(16)15(10(17)13-8)5-6-2-1-3-12-4-6/h1-4H,5,11H2,(H,13,17). The maximum Gasteiger partial charge on any atom is 0.330 e. The highest BCUT2D eigenvalue weighted by Crippen LogP contribution is 2.10. The monoisotopic (exact) mass is 247 g/mol. The van der Waals surface area contributed by atoms with Crippen LogP contribution in [0.2, 0.25) is 0 Å². The van der Waals surface area contributed by atoms with E-state index in [0.29, 0.717) is 5.56 Å². The molecule has 0 aromatic carbocycles. The number of nitrogens with two attached hydrogens (primary N) is 1. The van der Waals surface area contributed by atoms with Gasteiger partial charge in [-0.25, -0.2) is 4.79 Å². The van der Waals surface area contributed by atoms with Gasteiger partial charge in [-0.05, 0) is 16.8 Å². The summed E-state index contributed by atoms with van der Waals surface area (Å²) in [5.41, 5.74) is 3.94. The van der Waals surface area contributed by atoms with E-state index < -0.39 is 16.9 Å². The first-order chi connectivity index (χ1) is 8.63. The molecule has 0 spiro atoms. The molecule has 2 rings (SSSR count). The van der Waals surface area contributed by atoms with Gasteiger partial charge in [-0.1, -0.05) is 6.07 Å². The number of hydrogen-bond donors (Lipinski definition) is 2. The summed E-state index contributed by atoms with van der Waals surface area (Å²) in [5, 5.41) is 2.52. The van der Waals surface area contributed by atoms with Crippen molar-refractivity contribution in [1.82, 2.24) is 14.5 Å². The lowest BCUT2D eigenvalue weighted by atomic mass is 10.3. The van der Waals surface area contributed by atoms with E-state index in [9.17, 15) is 14.5 Å². The predicted octanol–water partition coefficient (Wildman–Crippen LogP) is -0.0400. The molecular weight excluding hydrogens is 238 g/mol. The molecule has 0 saturated carbocycles. The van der Waals surface area contributed by atoms with Gasteiger partial charge in [0, 0.05) is 12.4 Å². The van der Waals surface area contributed by atoms with Crippen molar-refractivity contribution < 1.29 is 0 Å². The van der Waals surface area contributed by atoms with Crippen molar-refractivity contribution in [2.75, 3.05) is 5.73 Å². The third-order valence-electron chi connectivity index (χ3n) is 2.34. The van der Waals surface area contributed by atoms with Crippen LogP contribution in [0.4, 0.5) is 11.5 Å². The van der Waals surface area contributed by atoms with Crippen LogP contribution < -0.4 is 17.0 Å². The van der Waals surface area contributed by atoms with Gasteiger partial charge in [0.25, 0.3) is 5.56 Å². The molecule has 18 heavy (non-hydrogen) atoms. The van der Waals surface area contributed by atoms with Crippen LogP contribution >= 0.6 is 0 Å². The topological polar surface area (TPSA) is 123 Å². The Labute approximate surface area is 100 Å². The molecule has 8 nitrogen and oxygen atoms in total. The molecule has 0 unspecified atom stereocenters. The fourth-order valence-corrected chi connectivity index (χ4v) is 1.48. The Morgan fingerprint density at radius 2 is 2.22 bits per heavy atom. The number of nitrogen functional groups attached to an aromatic ring is 1. The molecule has 3 N–H and O–H groups in total. The van der Waals surface area contributed by atoms with Gasteiger partial charge in [-0.15, -0.1) is 4.91 Å². The SMILES string of the molecule is Nc1[nH]c(=O)n(Cc2cccnc2)c(=O)c1N=O. The summed E-state index contributed by atoms with van der Waals surface area (Å²) < 4.78 is 0.837. The van der Waals surface area contributed by atoms with E-state index in [2.05, 4.69) is 15.1 Å². The Hall–Kier alpha value is -2.77. The molecule has 92 valence electrons. The zero-order chi connectivity index (χ0) is 13.1. The second-order valence-electron chi connectivity index (χ2n) is 3.54. The third-order valence-corrected chi connectivity index (χ3v) is 2.34. The van der Waals surface area contributed by atoms with Crippen molar-refractivity contribution in [2.24, 2.45) is 5.18 Å². The fraction of sp³-hybridized carbons (Fsp3) is 0.100. The number of aromatic amines is 1. The molecule has 0 aliphatic carbocycles. The zero-order valence-electron chi connectivity index (χ0n) is 9.16. The Bertz CT molecular complexity index is 689. The minimum Gasteiger partial charge on any atom is -0.383 e. The summed E-state index contributed by atoms with van der Waals surface area (Å²) in [6, 6.07) is 3.37. The van der Waals surface area contributed by atoms with Gasteiger partial charge < -0.3 is 5.73 Å². The van der Waals surface area contributed by atoms with E-state index in [4.69, 9.17) is 5.73 Å². The lowest BCUT2D eigenvalue weighted by molar-refractivity contribution is 0.700. The first kappa shape index (κ1) is 11.7. The number of aromatic nitrogens is 3. The van der Waals surface area contributed by atoms with Crippen LogP contribution in [0.5, 0.6) is 0 Å². The van der Waals surface area contributed by atoms with E-state index in [1.165, 1.54) is 6.20 Å². The molecule has 0 amide bonds. The molecule has 8 heteroatoms. The van der Waals surface area contributed by atoms with Crippen LogP contribution in [0.15, 0.2) is 39.3 Å². The maximum atomic E-state index is 11.8. The lowest BCUT2D eigenvalue weighted by Crippen LogP contribution is -2.35. The molecular formula is C10H9N5O3. The highest BCUT2D eigenvalue weighted by molar-refractivity contribution is 5.54. The summed E-state index contributed by atoms with van der Waals surface area (Å²) in [6.07, 6.45) is 3.08. The number of rotatable bonds is 3. The highest BCUT2D eigenvalue weighted by Gasteiger charge is 2.12. The van der Waals surface area contributed by atoms with Crippen molar-refractivity contribution in [3.8, 4) is 0 Å². The van der Waals surface area contributed by atoms with Crippen molar-refractivity contribution in [1.29, 1.82) is 0 Å². The summed E-state index contributed by atoms with van der Waals surface area (Å²) in [7, 11) is 0. The van der Waals surface area contributed by atoms with Crippen LogP contribution in [-0.4, -0.2) is 14.5 Å². The van der Waals surface area contributed by atoms with Crippen molar-refractivity contribution in [2.45, 2.75) is 6.54 Å². The average Bonchev–Trinajstić information content (AvgIpc) is 2.36. The molecule has 0 aliphatic rings. The van der Waals surface area contributed by atoms with Crippen molar-refractivity contribution >= 4 is 11.5 Å². The number of anilines is 1. The van der Waals surface area contributed by atoms with Gasteiger partial charge in [0.15, 0.2) is 0 Å². The molecule has 0 radical (unpaired) electrons. The maximum absolute atomic E-state index is 11.8. The summed E-state index contributed by atoms with van der Waals surface area (Å²) in [6.45, 7) is -0.00912. The van der Waals surface area contributed by atoms with Gasteiger partial charge in [0.1, 0.15) is 5.82 Å². The second-order valence-corrected chi connectivity index (χ2v) is 3.54. The first-order valence-corrected chi connectivity index (χ1v) is 4.98. The van der Waals surface area contributed by atoms with Crippen LogP contribution in [0.1, 0.15) is 5.56 Å². The number of hydrogen-bond acceptors (Lipinski definition) is 6. The van der Waals surface area contributed by atoms with Crippen LogP contribution in [-0.2, 0) is 6.54 Å². The van der Waals surface area contributed by atoms with Gasteiger partial charge in [0.2, 0.25) is 5.69 Å². The second kappa shape index (κ2) is 4.62. The van der Waals surface area contributed by atoms with Crippen LogP contribution in [0.3, 0.4) is 0 Å². The number of H-pyrrole nitrogens is 1. The average molecular weight is 247 g/mol. The highest BCUT2D eigenvalue weighted by atomic mass is 16.3. The van der Waals surface area contributed by atoms with Crippen molar-refractivity contribution in [3.63, 3.8) is 0 Å². The quantitative estimate of drug-likeness (QED) is 0.736.